The minimum atomic E-state index is -0.596. The lowest BCUT2D eigenvalue weighted by molar-refractivity contribution is -0.260. The normalized spacial score (nSPS) is 27.5. The van der Waals surface area contributed by atoms with E-state index < -0.39 is 28.9 Å². The van der Waals surface area contributed by atoms with E-state index in [0.29, 0.717) is 25.7 Å². The molecule has 1 atom stereocenters. The van der Waals surface area contributed by atoms with Gasteiger partial charge in [-0.1, -0.05) is 6.92 Å². The molecule has 31 heavy (non-hydrogen) atoms. The van der Waals surface area contributed by atoms with E-state index in [0.717, 1.165) is 0 Å². The highest BCUT2D eigenvalue weighted by Gasteiger charge is 2.47. The number of carbonyl (C=O) groups is 2. The number of esters is 2. The highest BCUT2D eigenvalue weighted by Crippen LogP contribution is 2.39. The van der Waals surface area contributed by atoms with Gasteiger partial charge in [0, 0.05) is 47.8 Å². The third-order valence-electron chi connectivity index (χ3n) is 6.82. The van der Waals surface area contributed by atoms with Crippen LogP contribution >= 0.6 is 0 Å². The molecule has 8 heteroatoms. The molecule has 180 valence electrons. The Labute approximate surface area is 187 Å². The largest absolute Gasteiger partial charge is 0.462 e. The summed E-state index contributed by atoms with van der Waals surface area (Å²) in [7, 11) is 0. The van der Waals surface area contributed by atoms with Crippen LogP contribution in [0.25, 0.3) is 0 Å². The third-order valence-corrected chi connectivity index (χ3v) is 6.82. The van der Waals surface area contributed by atoms with Crippen LogP contribution in [0.4, 0.5) is 0 Å². The van der Waals surface area contributed by atoms with Gasteiger partial charge in [0.15, 0.2) is 0 Å². The van der Waals surface area contributed by atoms with Crippen LogP contribution in [0.2, 0.25) is 0 Å². The van der Waals surface area contributed by atoms with Crippen LogP contribution in [0.5, 0.6) is 0 Å². The Morgan fingerprint density at radius 1 is 0.871 bits per heavy atom. The highest BCUT2D eigenvalue weighted by atomic mass is 16.6. The van der Waals surface area contributed by atoms with E-state index in [9.17, 15) is 14.8 Å². The van der Waals surface area contributed by atoms with Gasteiger partial charge in [0.2, 0.25) is 0 Å². The average Bonchev–Trinajstić information content (AvgIpc) is 2.56. The fourth-order valence-corrected chi connectivity index (χ4v) is 5.40. The number of hydrogen-bond acceptors (Lipinski definition) is 8. The Bertz CT molecular complexity index is 653. The number of rotatable bonds is 5. The zero-order valence-electron chi connectivity index (χ0n) is 20.8. The number of hydrazine groups is 1. The van der Waals surface area contributed by atoms with Gasteiger partial charge in [-0.15, -0.1) is 0 Å². The first kappa shape index (κ1) is 26.0. The van der Waals surface area contributed by atoms with Gasteiger partial charge in [0.1, 0.15) is 12.2 Å². The van der Waals surface area contributed by atoms with E-state index in [-0.39, 0.29) is 29.7 Å². The van der Waals surface area contributed by atoms with Gasteiger partial charge in [-0.3, -0.25) is 15.4 Å². The summed E-state index contributed by atoms with van der Waals surface area (Å²) < 4.78 is 11.5. The van der Waals surface area contributed by atoms with Gasteiger partial charge >= 0.3 is 11.9 Å². The predicted molar refractivity (Wildman–Crippen MR) is 118 cm³/mol. The molecule has 2 aliphatic heterocycles. The second-order valence-electron chi connectivity index (χ2n) is 12.0. The van der Waals surface area contributed by atoms with Crippen molar-refractivity contribution in [3.8, 4) is 0 Å². The molecule has 0 radical (unpaired) electrons. The Morgan fingerprint density at radius 3 is 1.71 bits per heavy atom. The first-order valence-electron chi connectivity index (χ1n) is 11.3. The van der Waals surface area contributed by atoms with Crippen molar-refractivity contribution < 1.29 is 24.3 Å². The fourth-order valence-electron chi connectivity index (χ4n) is 5.40. The third kappa shape index (κ3) is 5.97. The maximum absolute atomic E-state index is 12.7. The average molecular weight is 442 g/mol. The summed E-state index contributed by atoms with van der Waals surface area (Å²) in [4.78, 5) is 25.2. The molecule has 2 saturated heterocycles. The zero-order chi connectivity index (χ0) is 24.0. The molecular weight excluding hydrogens is 398 g/mol. The van der Waals surface area contributed by atoms with Crippen LogP contribution in [-0.4, -0.2) is 61.6 Å². The SMILES string of the molecule is CC(CC(=O)OC1CC(C)(C)N(N)C(C)(C)C1)C(=O)OC1CC(C)(C)N(O)C(C)(C)C1. The fraction of sp³-hybridized carbons (Fsp3) is 0.913. The predicted octanol–water partition coefficient (Wildman–Crippen LogP) is 3.41. The lowest BCUT2D eigenvalue weighted by Gasteiger charge is -2.52. The first-order valence-corrected chi connectivity index (χ1v) is 11.3. The summed E-state index contributed by atoms with van der Waals surface area (Å²) in [5.41, 5.74) is -1.60. The standard InChI is InChI=1S/C23H43N3O5/c1-15(19(28)31-17-13-22(6,7)26(29)23(8,9)14-17)10-18(27)30-16-11-20(2,3)25(24)21(4,5)12-16/h15-17,29H,10-14,24H2,1-9H3. The van der Waals surface area contributed by atoms with Gasteiger partial charge in [-0.2, -0.15) is 5.06 Å². The summed E-state index contributed by atoms with van der Waals surface area (Å²) in [5.74, 6) is 4.86. The molecular formula is C23H43N3O5. The molecule has 0 aromatic rings. The van der Waals surface area contributed by atoms with Gasteiger partial charge in [0.25, 0.3) is 0 Å². The maximum atomic E-state index is 12.7. The van der Waals surface area contributed by atoms with Crippen LogP contribution in [0, 0.1) is 5.92 Å². The summed E-state index contributed by atoms with van der Waals surface area (Å²) in [6.45, 7) is 17.5. The molecule has 3 N–H and O–H groups in total. The van der Waals surface area contributed by atoms with Crippen molar-refractivity contribution in [2.75, 3.05) is 0 Å². The zero-order valence-corrected chi connectivity index (χ0v) is 20.8. The molecule has 0 aliphatic carbocycles. The number of carbonyl (C=O) groups excluding carboxylic acids is 2. The van der Waals surface area contributed by atoms with E-state index >= 15 is 0 Å². The lowest BCUT2D eigenvalue weighted by atomic mass is 9.80. The van der Waals surface area contributed by atoms with Crippen molar-refractivity contribution in [3.05, 3.63) is 0 Å². The van der Waals surface area contributed by atoms with E-state index in [1.54, 1.807) is 6.92 Å². The molecule has 0 bridgehead atoms. The monoisotopic (exact) mass is 441 g/mol. The van der Waals surface area contributed by atoms with Crippen LogP contribution in [0.3, 0.4) is 0 Å². The number of hydroxylamine groups is 2. The molecule has 2 fully saturated rings. The van der Waals surface area contributed by atoms with Gasteiger partial charge in [-0.05, 0) is 55.4 Å². The summed E-state index contributed by atoms with van der Waals surface area (Å²) in [6.07, 6.45) is 1.76. The molecule has 0 aromatic heterocycles. The molecule has 0 amide bonds. The first-order chi connectivity index (χ1) is 13.9. The van der Waals surface area contributed by atoms with Crippen LogP contribution in [-0.2, 0) is 19.1 Å². The molecule has 2 rings (SSSR count). The number of ether oxygens (including phenoxy) is 2. The van der Waals surface area contributed by atoms with Crippen molar-refractivity contribution in [1.29, 1.82) is 0 Å². The van der Waals surface area contributed by atoms with Crippen LogP contribution in [0.1, 0.15) is 94.4 Å². The van der Waals surface area contributed by atoms with E-state index in [1.165, 1.54) is 5.06 Å². The van der Waals surface area contributed by atoms with Crippen LogP contribution < -0.4 is 5.84 Å². The Morgan fingerprint density at radius 2 is 1.26 bits per heavy atom. The Kier molecular flexibility index (Phi) is 7.23. The molecule has 0 aromatic carbocycles. The van der Waals surface area contributed by atoms with E-state index in [2.05, 4.69) is 0 Å². The maximum Gasteiger partial charge on any atom is 0.309 e. The van der Waals surface area contributed by atoms with Crippen molar-refractivity contribution in [2.24, 2.45) is 11.8 Å². The minimum absolute atomic E-state index is 0.0197. The topological polar surface area (TPSA) is 105 Å². The summed E-state index contributed by atoms with van der Waals surface area (Å²) >= 11 is 0. The van der Waals surface area contributed by atoms with Crippen molar-refractivity contribution >= 4 is 11.9 Å². The highest BCUT2D eigenvalue weighted by molar-refractivity contribution is 5.79. The van der Waals surface area contributed by atoms with Crippen molar-refractivity contribution in [2.45, 2.75) is 129 Å². The van der Waals surface area contributed by atoms with Crippen molar-refractivity contribution in [1.82, 2.24) is 10.1 Å². The number of nitrogens with zero attached hydrogens (tertiary/aromatic N) is 2. The lowest BCUT2D eigenvalue weighted by Crippen LogP contribution is -2.65. The summed E-state index contributed by atoms with van der Waals surface area (Å²) in [5, 5.41) is 13.6. The summed E-state index contributed by atoms with van der Waals surface area (Å²) in [6, 6.07) is 0. The second-order valence-corrected chi connectivity index (χ2v) is 12.0. The smallest absolute Gasteiger partial charge is 0.309 e. The Hall–Kier alpha value is -1.22. The second kappa shape index (κ2) is 8.61. The molecule has 2 heterocycles. The Balaban J connectivity index is 1.91. The molecule has 1 unspecified atom stereocenters. The quantitative estimate of drug-likeness (QED) is 0.494. The minimum Gasteiger partial charge on any atom is -0.462 e. The molecule has 8 nitrogen and oxygen atoms in total. The van der Waals surface area contributed by atoms with Crippen molar-refractivity contribution in [3.63, 3.8) is 0 Å². The number of piperidine rings is 2. The number of hydrogen-bond donors (Lipinski definition) is 2. The van der Waals surface area contributed by atoms with Gasteiger partial charge in [0.05, 0.1) is 12.3 Å². The van der Waals surface area contributed by atoms with Crippen LogP contribution in [0.15, 0.2) is 0 Å². The van der Waals surface area contributed by atoms with E-state index in [1.807, 2.05) is 60.4 Å². The number of nitrogens with two attached hydrogens (primary N) is 1. The molecule has 0 saturated carbocycles. The molecule has 0 spiro atoms. The van der Waals surface area contributed by atoms with Gasteiger partial charge < -0.3 is 14.7 Å². The van der Waals surface area contributed by atoms with E-state index in [4.69, 9.17) is 15.3 Å². The molecule has 2 aliphatic rings. The van der Waals surface area contributed by atoms with Gasteiger partial charge in [-0.25, -0.2) is 5.01 Å².